The van der Waals surface area contributed by atoms with Crippen LogP contribution in [0.1, 0.15) is 29.3 Å². The van der Waals surface area contributed by atoms with Gasteiger partial charge in [0, 0.05) is 17.9 Å². The van der Waals surface area contributed by atoms with Gasteiger partial charge in [-0.3, -0.25) is 9.59 Å². The zero-order valence-electron chi connectivity index (χ0n) is 13.1. The van der Waals surface area contributed by atoms with Crippen molar-refractivity contribution < 1.29 is 14.3 Å². The van der Waals surface area contributed by atoms with Crippen molar-refractivity contribution in [3.63, 3.8) is 0 Å². The van der Waals surface area contributed by atoms with Gasteiger partial charge >= 0.3 is 0 Å². The van der Waals surface area contributed by atoms with Crippen molar-refractivity contribution in [1.29, 1.82) is 0 Å². The summed E-state index contributed by atoms with van der Waals surface area (Å²) in [5, 5.41) is 2.67. The summed E-state index contributed by atoms with van der Waals surface area (Å²) >= 11 is 0. The molecular weight excluding hydrogens is 298 g/mol. The van der Waals surface area contributed by atoms with Gasteiger partial charge < -0.3 is 19.8 Å². The molecule has 1 aliphatic heterocycles. The third-order valence-corrected chi connectivity index (χ3v) is 3.88. The van der Waals surface area contributed by atoms with E-state index in [1.165, 1.54) is 0 Å². The Morgan fingerprint density at radius 3 is 2.70 bits per heavy atom. The molecule has 1 aromatic heterocycles. The smallest absolute Gasteiger partial charge is 0.256 e. The molecule has 0 fully saturated rings. The molecule has 0 radical (unpaired) electrons. The van der Waals surface area contributed by atoms with Crippen LogP contribution in [-0.4, -0.2) is 30.1 Å². The third-order valence-electron chi connectivity index (χ3n) is 3.88. The maximum atomic E-state index is 12.4. The van der Waals surface area contributed by atoms with Gasteiger partial charge in [0.2, 0.25) is 5.91 Å². The first-order chi connectivity index (χ1) is 11.0. The number of ether oxygens (including phenoxy) is 2. The van der Waals surface area contributed by atoms with Crippen LogP contribution >= 0.6 is 0 Å². The van der Waals surface area contributed by atoms with Crippen LogP contribution < -0.4 is 20.3 Å². The lowest BCUT2D eigenvalue weighted by Crippen LogP contribution is -2.31. The Kier molecular flexibility index (Phi) is 3.77. The number of nitrogens with zero attached hydrogens (tertiary/aromatic N) is 1. The molecule has 1 atom stereocenters. The van der Waals surface area contributed by atoms with Crippen LogP contribution in [0.2, 0.25) is 0 Å². The van der Waals surface area contributed by atoms with Crippen LogP contribution in [0.5, 0.6) is 11.5 Å². The minimum Gasteiger partial charge on any atom is -0.497 e. The molecule has 1 aromatic carbocycles. The quantitative estimate of drug-likeness (QED) is 0.897. The number of aromatic nitrogens is 2. The summed E-state index contributed by atoms with van der Waals surface area (Å²) in [6.45, 7) is 1.67. The molecule has 0 saturated carbocycles. The Morgan fingerprint density at radius 2 is 2.00 bits per heavy atom. The van der Waals surface area contributed by atoms with Crippen LogP contribution in [0.15, 0.2) is 23.0 Å². The molecule has 1 aliphatic rings. The molecule has 0 aliphatic carbocycles. The van der Waals surface area contributed by atoms with Gasteiger partial charge in [-0.1, -0.05) is 0 Å². The second-order valence-corrected chi connectivity index (χ2v) is 5.33. The Hall–Kier alpha value is -2.83. The van der Waals surface area contributed by atoms with Crippen LogP contribution in [0, 0.1) is 6.92 Å². The van der Waals surface area contributed by atoms with Gasteiger partial charge in [-0.05, 0) is 25.1 Å². The number of methoxy groups -OCH3 is 2. The van der Waals surface area contributed by atoms with E-state index in [1.54, 1.807) is 39.3 Å². The predicted molar refractivity (Wildman–Crippen MR) is 84.2 cm³/mol. The molecule has 0 unspecified atom stereocenters. The van der Waals surface area contributed by atoms with Crippen LogP contribution in [0.25, 0.3) is 0 Å². The fourth-order valence-electron chi connectivity index (χ4n) is 2.86. The van der Waals surface area contributed by atoms with E-state index in [0.717, 1.165) is 5.56 Å². The van der Waals surface area contributed by atoms with E-state index in [4.69, 9.17) is 9.47 Å². The van der Waals surface area contributed by atoms with E-state index >= 15 is 0 Å². The maximum absolute atomic E-state index is 12.4. The number of aromatic amines is 1. The van der Waals surface area contributed by atoms with Gasteiger partial charge in [-0.2, -0.15) is 0 Å². The summed E-state index contributed by atoms with van der Waals surface area (Å²) in [7, 11) is 3.11. The van der Waals surface area contributed by atoms with E-state index in [9.17, 15) is 9.59 Å². The highest BCUT2D eigenvalue weighted by Crippen LogP contribution is 2.39. The zero-order valence-corrected chi connectivity index (χ0v) is 13.1. The first-order valence-corrected chi connectivity index (χ1v) is 7.16. The van der Waals surface area contributed by atoms with Gasteiger partial charge in [0.05, 0.1) is 19.8 Å². The molecule has 7 heteroatoms. The number of anilines is 1. The molecule has 0 spiro atoms. The van der Waals surface area contributed by atoms with E-state index < -0.39 is 5.92 Å². The predicted octanol–water partition coefficient (Wildman–Crippen LogP) is 1.57. The molecule has 0 bridgehead atoms. The van der Waals surface area contributed by atoms with Gasteiger partial charge in [0.1, 0.15) is 23.1 Å². The Morgan fingerprint density at radius 1 is 1.22 bits per heavy atom. The van der Waals surface area contributed by atoms with Crippen molar-refractivity contribution >= 4 is 11.7 Å². The van der Waals surface area contributed by atoms with E-state index in [-0.39, 0.29) is 17.9 Å². The molecular formula is C16H17N3O4. The van der Waals surface area contributed by atoms with Crippen LogP contribution in [0.4, 0.5) is 5.82 Å². The maximum Gasteiger partial charge on any atom is 0.256 e. The number of nitrogens with one attached hydrogen (secondary N) is 2. The Balaban J connectivity index is 2.22. The zero-order chi connectivity index (χ0) is 16.6. The van der Waals surface area contributed by atoms with Crippen LogP contribution in [-0.2, 0) is 4.79 Å². The van der Waals surface area contributed by atoms with E-state index in [1.807, 2.05) is 0 Å². The highest BCUT2D eigenvalue weighted by atomic mass is 16.5. The number of H-pyrrole nitrogens is 1. The summed E-state index contributed by atoms with van der Waals surface area (Å²) in [5.74, 6) is 1.34. The molecule has 7 nitrogen and oxygen atoms in total. The number of rotatable bonds is 3. The van der Waals surface area contributed by atoms with Gasteiger partial charge in [-0.15, -0.1) is 0 Å². The third kappa shape index (κ3) is 2.65. The first kappa shape index (κ1) is 15.1. The van der Waals surface area contributed by atoms with E-state index in [0.29, 0.717) is 28.7 Å². The lowest BCUT2D eigenvalue weighted by atomic mass is 9.86. The number of hydrogen-bond donors (Lipinski definition) is 2. The Bertz CT molecular complexity index is 829. The number of carbonyl (C=O) groups excluding carboxylic acids is 1. The van der Waals surface area contributed by atoms with Crippen molar-refractivity contribution in [2.45, 2.75) is 19.3 Å². The molecule has 23 heavy (non-hydrogen) atoms. The highest BCUT2D eigenvalue weighted by Gasteiger charge is 2.32. The molecule has 2 heterocycles. The molecule has 1 amide bonds. The first-order valence-electron chi connectivity index (χ1n) is 7.16. The lowest BCUT2D eigenvalue weighted by molar-refractivity contribution is -0.116. The number of carbonyl (C=O) groups is 1. The molecule has 3 rings (SSSR count). The topological polar surface area (TPSA) is 93.3 Å². The normalized spacial score (nSPS) is 16.5. The number of aryl methyl sites for hydroxylation is 1. The average Bonchev–Trinajstić information content (AvgIpc) is 2.52. The fourth-order valence-corrected chi connectivity index (χ4v) is 2.86. The van der Waals surface area contributed by atoms with Gasteiger partial charge in [-0.25, -0.2) is 4.98 Å². The minimum atomic E-state index is -0.444. The van der Waals surface area contributed by atoms with E-state index in [2.05, 4.69) is 15.3 Å². The summed E-state index contributed by atoms with van der Waals surface area (Å²) in [4.78, 5) is 31.4. The second kappa shape index (κ2) is 5.75. The summed E-state index contributed by atoms with van der Waals surface area (Å²) in [6, 6.07) is 5.31. The lowest BCUT2D eigenvalue weighted by Gasteiger charge is -2.25. The molecule has 2 aromatic rings. The average molecular weight is 315 g/mol. The number of benzene rings is 1. The number of hydrogen-bond acceptors (Lipinski definition) is 5. The summed E-state index contributed by atoms with van der Waals surface area (Å²) < 4.78 is 10.6. The Labute approximate surface area is 132 Å². The highest BCUT2D eigenvalue weighted by molar-refractivity contribution is 5.94. The largest absolute Gasteiger partial charge is 0.497 e. The number of amides is 1. The second-order valence-electron chi connectivity index (χ2n) is 5.33. The van der Waals surface area contributed by atoms with Gasteiger partial charge in [0.15, 0.2) is 0 Å². The standard InChI is InChI=1S/C16H17N3O4/c1-8-17-15-14(16(21)18-8)11(7-13(20)19-15)10-6-9(22-2)4-5-12(10)23-3/h4-6,11H,7H2,1-3H3,(H2,17,18,19,20,21)/t11-/m0/s1. The SMILES string of the molecule is COc1ccc(OC)c([C@@H]2CC(=O)Nc3nc(C)[nH]c(=O)c32)c1. The van der Waals surface area contributed by atoms with Crippen LogP contribution in [0.3, 0.4) is 0 Å². The monoisotopic (exact) mass is 315 g/mol. The van der Waals surface area contributed by atoms with Crippen molar-refractivity contribution in [3.8, 4) is 11.5 Å². The molecule has 120 valence electrons. The van der Waals surface area contributed by atoms with Crippen molar-refractivity contribution in [1.82, 2.24) is 9.97 Å². The minimum absolute atomic E-state index is 0.143. The molecule has 0 saturated heterocycles. The fraction of sp³-hybridized carbons (Fsp3) is 0.312. The molecule has 2 N–H and O–H groups in total. The summed E-state index contributed by atoms with van der Waals surface area (Å²) in [6.07, 6.45) is 0.143. The summed E-state index contributed by atoms with van der Waals surface area (Å²) in [5.41, 5.74) is 0.892. The van der Waals surface area contributed by atoms with Crippen molar-refractivity contribution in [3.05, 3.63) is 45.5 Å². The van der Waals surface area contributed by atoms with Crippen molar-refractivity contribution in [2.24, 2.45) is 0 Å². The number of fused-ring (bicyclic) bond motifs is 1. The van der Waals surface area contributed by atoms with Crippen molar-refractivity contribution in [2.75, 3.05) is 19.5 Å². The van der Waals surface area contributed by atoms with Gasteiger partial charge in [0.25, 0.3) is 5.56 Å².